The first-order valence-electron chi connectivity index (χ1n) is 4.82. The van der Waals surface area contributed by atoms with Crippen LogP contribution in [0.5, 0.6) is 0 Å². The third kappa shape index (κ3) is 2.96. The average molecular weight is 258 g/mol. The molecule has 14 heavy (non-hydrogen) atoms. The van der Waals surface area contributed by atoms with Crippen molar-refractivity contribution >= 4 is 22.0 Å². The number of aryl methyl sites for hydroxylation is 1. The van der Waals surface area contributed by atoms with Gasteiger partial charge in [0.1, 0.15) is 0 Å². The summed E-state index contributed by atoms with van der Waals surface area (Å²) in [6.45, 7) is 4.00. The molecule has 78 valence electrons. The van der Waals surface area contributed by atoms with Gasteiger partial charge in [0.15, 0.2) is 0 Å². The molecule has 0 spiro atoms. The maximum Gasteiger partial charge on any atom is 0.0748 e. The molecule has 0 aliphatic heterocycles. The van der Waals surface area contributed by atoms with E-state index < -0.39 is 0 Å². The van der Waals surface area contributed by atoms with E-state index >= 15 is 0 Å². The van der Waals surface area contributed by atoms with Crippen LogP contribution >= 0.6 is 15.9 Å². The molecule has 0 bridgehead atoms. The van der Waals surface area contributed by atoms with Gasteiger partial charge in [-0.05, 0) is 48.9 Å². The monoisotopic (exact) mass is 257 g/mol. The Morgan fingerprint density at radius 1 is 1.64 bits per heavy atom. The molecule has 0 aliphatic carbocycles. The summed E-state index contributed by atoms with van der Waals surface area (Å²) in [6, 6.07) is 0. The molecule has 0 amide bonds. The second-order valence-electron chi connectivity index (χ2n) is 2.99. The predicted molar refractivity (Wildman–Crippen MR) is 63.2 cm³/mol. The Balaban J connectivity index is 2.64. The van der Waals surface area contributed by atoms with E-state index in [1.54, 1.807) is 0 Å². The molecule has 0 aliphatic rings. The molecule has 1 aromatic heterocycles. The highest BCUT2D eigenvalue weighted by Crippen LogP contribution is 2.17. The Bertz CT molecular complexity index is 304. The van der Waals surface area contributed by atoms with Gasteiger partial charge in [0.05, 0.1) is 16.4 Å². The van der Waals surface area contributed by atoms with Gasteiger partial charge in [-0.1, -0.05) is 6.08 Å². The van der Waals surface area contributed by atoms with Crippen molar-refractivity contribution in [3.05, 3.63) is 22.4 Å². The van der Waals surface area contributed by atoms with Gasteiger partial charge in [0.25, 0.3) is 0 Å². The van der Waals surface area contributed by atoms with Crippen molar-refractivity contribution in [2.45, 2.75) is 19.9 Å². The lowest BCUT2D eigenvalue weighted by Crippen LogP contribution is -2.05. The molecule has 0 radical (unpaired) electrons. The molecule has 0 saturated heterocycles. The number of hydrogen-bond acceptors (Lipinski definition) is 2. The minimum atomic E-state index is 0.900. The molecular weight excluding hydrogens is 242 g/mol. The molecule has 0 fully saturated rings. The van der Waals surface area contributed by atoms with Crippen molar-refractivity contribution in [3.8, 4) is 0 Å². The molecule has 1 rings (SSSR count). The van der Waals surface area contributed by atoms with Gasteiger partial charge in [0, 0.05) is 6.54 Å². The fourth-order valence-electron chi connectivity index (χ4n) is 1.21. The molecule has 3 nitrogen and oxygen atoms in total. The SMILES string of the molecule is CCn1ncc(Br)c1/C=C/CCNC. The van der Waals surface area contributed by atoms with E-state index in [4.69, 9.17) is 0 Å². The van der Waals surface area contributed by atoms with Crippen molar-refractivity contribution in [1.82, 2.24) is 15.1 Å². The van der Waals surface area contributed by atoms with Crippen LogP contribution in [0.4, 0.5) is 0 Å². The maximum atomic E-state index is 4.24. The van der Waals surface area contributed by atoms with Crippen LogP contribution in [0.3, 0.4) is 0 Å². The summed E-state index contributed by atoms with van der Waals surface area (Å²) < 4.78 is 3.03. The Morgan fingerprint density at radius 3 is 3.07 bits per heavy atom. The van der Waals surface area contributed by atoms with E-state index in [-0.39, 0.29) is 0 Å². The summed E-state index contributed by atoms with van der Waals surface area (Å²) in [5.74, 6) is 0. The van der Waals surface area contributed by atoms with Crippen LogP contribution in [0.2, 0.25) is 0 Å². The zero-order valence-corrected chi connectivity index (χ0v) is 10.2. The van der Waals surface area contributed by atoms with Gasteiger partial charge in [0.2, 0.25) is 0 Å². The van der Waals surface area contributed by atoms with E-state index in [0.717, 1.165) is 29.7 Å². The molecular formula is C10H16BrN3. The lowest BCUT2D eigenvalue weighted by Gasteiger charge is -1.99. The maximum absolute atomic E-state index is 4.24. The summed E-state index contributed by atoms with van der Waals surface area (Å²) in [5.41, 5.74) is 1.14. The zero-order chi connectivity index (χ0) is 10.4. The highest BCUT2D eigenvalue weighted by atomic mass is 79.9. The largest absolute Gasteiger partial charge is 0.319 e. The van der Waals surface area contributed by atoms with Gasteiger partial charge < -0.3 is 5.32 Å². The zero-order valence-electron chi connectivity index (χ0n) is 8.63. The van der Waals surface area contributed by atoms with Crippen LogP contribution in [0.25, 0.3) is 6.08 Å². The summed E-state index contributed by atoms with van der Waals surface area (Å²) in [6.07, 6.45) is 7.14. The second kappa shape index (κ2) is 5.98. The highest BCUT2D eigenvalue weighted by molar-refractivity contribution is 9.10. The van der Waals surface area contributed by atoms with Gasteiger partial charge >= 0.3 is 0 Å². The Kier molecular flexibility index (Phi) is 4.90. The van der Waals surface area contributed by atoms with E-state index in [0.29, 0.717) is 0 Å². The molecule has 1 N–H and O–H groups in total. The fourth-order valence-corrected chi connectivity index (χ4v) is 1.64. The number of nitrogens with zero attached hydrogens (tertiary/aromatic N) is 2. The lowest BCUT2D eigenvalue weighted by atomic mass is 10.3. The van der Waals surface area contributed by atoms with Crippen molar-refractivity contribution in [3.63, 3.8) is 0 Å². The molecule has 0 atom stereocenters. The normalized spacial score (nSPS) is 11.4. The molecule has 4 heteroatoms. The fraction of sp³-hybridized carbons (Fsp3) is 0.500. The average Bonchev–Trinajstić information content (AvgIpc) is 2.55. The topological polar surface area (TPSA) is 29.9 Å². The smallest absolute Gasteiger partial charge is 0.0748 e. The van der Waals surface area contributed by atoms with Crippen LogP contribution in [0, 0.1) is 0 Å². The van der Waals surface area contributed by atoms with Crippen LogP contribution < -0.4 is 5.32 Å². The quantitative estimate of drug-likeness (QED) is 0.821. The van der Waals surface area contributed by atoms with E-state index in [9.17, 15) is 0 Å². The Hall–Kier alpha value is -0.610. The Labute approximate surface area is 93.3 Å². The molecule has 0 unspecified atom stereocenters. The van der Waals surface area contributed by atoms with Crippen molar-refractivity contribution in [2.24, 2.45) is 0 Å². The van der Waals surface area contributed by atoms with Crippen LogP contribution in [0.1, 0.15) is 19.0 Å². The van der Waals surface area contributed by atoms with Gasteiger partial charge in [-0.25, -0.2) is 0 Å². The first-order chi connectivity index (χ1) is 6.79. The lowest BCUT2D eigenvalue weighted by molar-refractivity contribution is 0.653. The predicted octanol–water partition coefficient (Wildman–Crippen LogP) is 2.29. The van der Waals surface area contributed by atoms with E-state index in [2.05, 4.69) is 45.4 Å². The minimum absolute atomic E-state index is 0.900. The third-order valence-electron chi connectivity index (χ3n) is 1.97. The van der Waals surface area contributed by atoms with Crippen LogP contribution in [-0.2, 0) is 6.54 Å². The van der Waals surface area contributed by atoms with Gasteiger partial charge in [-0.3, -0.25) is 4.68 Å². The Morgan fingerprint density at radius 2 is 2.43 bits per heavy atom. The van der Waals surface area contributed by atoms with Crippen LogP contribution in [0.15, 0.2) is 16.7 Å². The number of nitrogens with one attached hydrogen (secondary N) is 1. The van der Waals surface area contributed by atoms with Crippen LogP contribution in [-0.4, -0.2) is 23.4 Å². The summed E-state index contributed by atoms with van der Waals surface area (Å²) >= 11 is 3.48. The molecule has 1 aromatic rings. The van der Waals surface area contributed by atoms with Crippen molar-refractivity contribution < 1.29 is 0 Å². The number of rotatable bonds is 5. The second-order valence-corrected chi connectivity index (χ2v) is 3.84. The minimum Gasteiger partial charge on any atom is -0.319 e. The number of halogens is 1. The summed E-state index contributed by atoms with van der Waals surface area (Å²) in [7, 11) is 1.96. The highest BCUT2D eigenvalue weighted by Gasteiger charge is 2.02. The van der Waals surface area contributed by atoms with Gasteiger partial charge in [-0.2, -0.15) is 5.10 Å². The number of hydrogen-bond donors (Lipinski definition) is 1. The number of aromatic nitrogens is 2. The summed E-state index contributed by atoms with van der Waals surface area (Å²) in [5, 5.41) is 7.34. The van der Waals surface area contributed by atoms with E-state index in [1.807, 2.05) is 17.9 Å². The molecule has 1 heterocycles. The first-order valence-corrected chi connectivity index (χ1v) is 5.61. The van der Waals surface area contributed by atoms with E-state index in [1.165, 1.54) is 0 Å². The molecule has 0 saturated carbocycles. The summed E-state index contributed by atoms with van der Waals surface area (Å²) in [4.78, 5) is 0. The van der Waals surface area contributed by atoms with Crippen molar-refractivity contribution in [1.29, 1.82) is 0 Å². The first kappa shape index (κ1) is 11.5. The third-order valence-corrected chi connectivity index (χ3v) is 2.58. The van der Waals surface area contributed by atoms with Gasteiger partial charge in [-0.15, -0.1) is 0 Å². The van der Waals surface area contributed by atoms with Crippen molar-refractivity contribution in [2.75, 3.05) is 13.6 Å². The molecule has 0 aromatic carbocycles. The standard InChI is InChI=1S/C10H16BrN3/c1-3-14-10(9(11)8-13-14)6-4-5-7-12-2/h4,6,8,12H,3,5,7H2,1-2H3/b6-4+.